The zero-order valence-corrected chi connectivity index (χ0v) is 7.35. The molecule has 1 aromatic heterocycles. The Hall–Kier alpha value is -1.44. The van der Waals surface area contributed by atoms with Crippen LogP contribution in [-0.4, -0.2) is 4.57 Å². The van der Waals surface area contributed by atoms with Gasteiger partial charge in [0.1, 0.15) is 5.82 Å². The van der Waals surface area contributed by atoms with Gasteiger partial charge in [0, 0.05) is 18.1 Å². The van der Waals surface area contributed by atoms with Crippen LogP contribution in [0.1, 0.15) is 24.5 Å². The lowest BCUT2D eigenvalue weighted by atomic mass is 10.3. The van der Waals surface area contributed by atoms with Crippen LogP contribution in [0.4, 0.5) is 0 Å². The summed E-state index contributed by atoms with van der Waals surface area (Å²) in [6.07, 6.45) is 10.6. The van der Waals surface area contributed by atoms with Crippen LogP contribution in [0.3, 0.4) is 0 Å². The normalized spacial score (nSPS) is 20.2. The minimum Gasteiger partial charge on any atom is -0.305 e. The zero-order valence-electron chi connectivity index (χ0n) is 7.35. The molecule has 13 heavy (non-hydrogen) atoms. The Bertz CT molecular complexity index is 381. The third-order valence-electron chi connectivity index (χ3n) is 2.56. The molecule has 0 unspecified atom stereocenters. The Morgan fingerprint density at radius 3 is 3.00 bits per heavy atom. The maximum atomic E-state index is 4.29. The summed E-state index contributed by atoms with van der Waals surface area (Å²) in [6.45, 7) is 0. The van der Waals surface area contributed by atoms with Gasteiger partial charge in [-0.15, -0.1) is 0 Å². The van der Waals surface area contributed by atoms with Crippen molar-refractivity contribution in [2.45, 2.75) is 18.8 Å². The molecule has 0 N–H and O–H groups in total. The van der Waals surface area contributed by atoms with E-state index in [0.717, 1.165) is 11.7 Å². The second-order valence-electron chi connectivity index (χ2n) is 3.57. The van der Waals surface area contributed by atoms with Crippen molar-refractivity contribution < 1.29 is 0 Å². The van der Waals surface area contributed by atoms with E-state index in [1.807, 2.05) is 18.4 Å². The third-order valence-corrected chi connectivity index (χ3v) is 2.56. The van der Waals surface area contributed by atoms with Gasteiger partial charge in [0.05, 0.1) is 0 Å². The minimum absolute atomic E-state index is 0.784. The highest BCUT2D eigenvalue weighted by molar-refractivity contribution is 5.53. The zero-order chi connectivity index (χ0) is 8.67. The molecule has 1 fully saturated rings. The molecule has 65 valence electrons. The molecule has 1 radical (unpaired) electrons. The fourth-order valence-corrected chi connectivity index (χ4v) is 1.75. The van der Waals surface area contributed by atoms with Crippen molar-refractivity contribution in [2.75, 3.05) is 0 Å². The Morgan fingerprint density at radius 2 is 2.31 bits per heavy atom. The van der Waals surface area contributed by atoms with Crippen molar-refractivity contribution in [3.63, 3.8) is 0 Å². The summed E-state index contributed by atoms with van der Waals surface area (Å²) in [7, 11) is 0. The summed E-state index contributed by atoms with van der Waals surface area (Å²) in [5.74, 6) is 1.83. The van der Waals surface area contributed by atoms with E-state index in [1.165, 1.54) is 18.5 Å². The summed E-state index contributed by atoms with van der Waals surface area (Å²) in [6, 6.07) is 4.30. The largest absolute Gasteiger partial charge is 0.305 e. The highest BCUT2D eigenvalue weighted by Gasteiger charge is 2.27. The molecule has 0 aromatic carbocycles. The van der Waals surface area contributed by atoms with E-state index < -0.39 is 0 Å². The Labute approximate surface area is 77.6 Å². The third kappa shape index (κ3) is 1.10. The first kappa shape index (κ1) is 7.01. The van der Waals surface area contributed by atoms with Crippen molar-refractivity contribution in [1.82, 2.24) is 9.88 Å². The van der Waals surface area contributed by atoms with Crippen LogP contribution in [0.25, 0.3) is 5.82 Å². The summed E-state index contributed by atoms with van der Waals surface area (Å²) in [5.41, 5.74) is 1.42. The molecule has 2 nitrogen and oxygen atoms in total. The molecular weight excluding hydrogens is 160 g/mol. The molecule has 1 saturated carbocycles. The quantitative estimate of drug-likeness (QED) is 0.650. The van der Waals surface area contributed by atoms with Gasteiger partial charge >= 0.3 is 0 Å². The van der Waals surface area contributed by atoms with E-state index in [1.54, 1.807) is 0 Å². The number of allylic oxidation sites excluding steroid dienone is 2. The van der Waals surface area contributed by atoms with E-state index >= 15 is 0 Å². The van der Waals surface area contributed by atoms with Crippen molar-refractivity contribution >= 4 is 5.82 Å². The smallest absolute Gasteiger partial charge is 0.136 e. The molecule has 2 heterocycles. The molecule has 0 saturated heterocycles. The lowest BCUT2D eigenvalue weighted by molar-refractivity contribution is 0.900. The van der Waals surface area contributed by atoms with Gasteiger partial charge in [-0.25, -0.2) is 5.32 Å². The van der Waals surface area contributed by atoms with E-state index in [9.17, 15) is 0 Å². The van der Waals surface area contributed by atoms with Gasteiger partial charge in [-0.3, -0.25) is 0 Å². The SMILES string of the molecule is C1=C[N]C(n2cccc2C2CC2)=C1. The monoisotopic (exact) mass is 171 g/mol. The molecule has 2 heteroatoms. The predicted octanol–water partition coefficient (Wildman–Crippen LogP) is 2.30. The van der Waals surface area contributed by atoms with Gasteiger partial charge in [-0.2, -0.15) is 0 Å². The van der Waals surface area contributed by atoms with E-state index in [-0.39, 0.29) is 0 Å². The highest BCUT2D eigenvalue weighted by Crippen LogP contribution is 2.40. The van der Waals surface area contributed by atoms with Crippen LogP contribution in [0.5, 0.6) is 0 Å². The standard InChI is InChI=1S/C11H11N2/c1-4-11(12-7-1)13-8-2-3-10(13)9-5-6-9/h1-4,7-9H,5-6H2. The molecule has 3 rings (SSSR count). The van der Waals surface area contributed by atoms with Gasteiger partial charge in [-0.05, 0) is 43.0 Å². The molecule has 1 aliphatic carbocycles. The molecule has 0 spiro atoms. The highest BCUT2D eigenvalue weighted by atomic mass is 15.1. The van der Waals surface area contributed by atoms with E-state index in [2.05, 4.69) is 28.2 Å². The Balaban J connectivity index is 1.98. The van der Waals surface area contributed by atoms with Gasteiger partial charge in [-0.1, -0.05) is 0 Å². The van der Waals surface area contributed by atoms with Crippen molar-refractivity contribution in [3.8, 4) is 0 Å². The van der Waals surface area contributed by atoms with Crippen LogP contribution >= 0.6 is 0 Å². The topological polar surface area (TPSA) is 19.0 Å². The second kappa shape index (κ2) is 2.52. The van der Waals surface area contributed by atoms with Gasteiger partial charge < -0.3 is 4.57 Å². The average Bonchev–Trinajstić information content (AvgIpc) is 2.72. The van der Waals surface area contributed by atoms with Crippen LogP contribution in [-0.2, 0) is 0 Å². The molecule has 1 aliphatic heterocycles. The number of hydrogen-bond acceptors (Lipinski definition) is 0. The van der Waals surface area contributed by atoms with Crippen molar-refractivity contribution in [1.29, 1.82) is 0 Å². The van der Waals surface area contributed by atoms with Crippen LogP contribution in [0.15, 0.2) is 36.7 Å². The fraction of sp³-hybridized carbons (Fsp3) is 0.273. The molecule has 2 aliphatic rings. The number of rotatable bonds is 2. The predicted molar refractivity (Wildman–Crippen MR) is 52.0 cm³/mol. The lowest BCUT2D eigenvalue weighted by Gasteiger charge is -2.07. The van der Waals surface area contributed by atoms with Gasteiger partial charge in [0.25, 0.3) is 0 Å². The summed E-state index contributed by atoms with van der Waals surface area (Å²) in [4.78, 5) is 0. The number of nitrogens with zero attached hydrogens (tertiary/aromatic N) is 2. The molecule has 0 amide bonds. The lowest BCUT2D eigenvalue weighted by Crippen LogP contribution is -2.04. The van der Waals surface area contributed by atoms with Gasteiger partial charge in [0.15, 0.2) is 0 Å². The molecular formula is C11H11N2. The average molecular weight is 171 g/mol. The first-order valence-corrected chi connectivity index (χ1v) is 4.70. The van der Waals surface area contributed by atoms with Crippen LogP contribution in [0.2, 0.25) is 0 Å². The molecule has 1 aromatic rings. The summed E-state index contributed by atoms with van der Waals surface area (Å²) in [5, 5.41) is 4.29. The maximum Gasteiger partial charge on any atom is 0.136 e. The van der Waals surface area contributed by atoms with Crippen LogP contribution < -0.4 is 5.32 Å². The van der Waals surface area contributed by atoms with Crippen LogP contribution in [0, 0.1) is 0 Å². The Kier molecular flexibility index (Phi) is 1.36. The molecule has 0 bridgehead atoms. The first-order chi connectivity index (χ1) is 6.45. The number of hydrogen-bond donors (Lipinski definition) is 0. The van der Waals surface area contributed by atoms with Crippen molar-refractivity contribution in [2.24, 2.45) is 0 Å². The van der Waals surface area contributed by atoms with E-state index in [4.69, 9.17) is 0 Å². The first-order valence-electron chi connectivity index (χ1n) is 4.70. The minimum atomic E-state index is 0.784. The Morgan fingerprint density at radius 1 is 1.38 bits per heavy atom. The van der Waals surface area contributed by atoms with Gasteiger partial charge in [0.2, 0.25) is 0 Å². The summed E-state index contributed by atoms with van der Waals surface area (Å²) >= 11 is 0. The fourth-order valence-electron chi connectivity index (χ4n) is 1.75. The summed E-state index contributed by atoms with van der Waals surface area (Å²) < 4.78 is 2.19. The maximum absolute atomic E-state index is 4.29. The number of aromatic nitrogens is 1. The second-order valence-corrected chi connectivity index (χ2v) is 3.57. The molecule has 0 atom stereocenters. The van der Waals surface area contributed by atoms with Crippen molar-refractivity contribution in [3.05, 3.63) is 42.4 Å². The van der Waals surface area contributed by atoms with E-state index in [0.29, 0.717) is 0 Å².